The highest BCUT2D eigenvalue weighted by Crippen LogP contribution is 2.24. The first-order valence-corrected chi connectivity index (χ1v) is 7.27. The van der Waals surface area contributed by atoms with Crippen LogP contribution in [0.2, 0.25) is 0 Å². The van der Waals surface area contributed by atoms with Crippen molar-refractivity contribution in [1.29, 1.82) is 0 Å². The van der Waals surface area contributed by atoms with E-state index in [1.165, 1.54) is 18.2 Å². The number of halogens is 2. The fourth-order valence-electron chi connectivity index (χ4n) is 2.11. The molecule has 0 spiro atoms. The Labute approximate surface area is 130 Å². The number of nitrogens with zero attached hydrogens (tertiary/aromatic N) is 2. The van der Waals surface area contributed by atoms with Crippen LogP contribution in [0.25, 0.3) is 0 Å². The van der Waals surface area contributed by atoms with Gasteiger partial charge in [-0.15, -0.1) is 0 Å². The van der Waals surface area contributed by atoms with Gasteiger partial charge in [-0.05, 0) is 61.2 Å². The standard InChI is InChI=1S/C18H20F2N2/c1-4-22(3)12-21-18-8-13(2)15(11-17(18)20)9-14-6-5-7-16(19)10-14/h5-8,10-12H,4,9H2,1-3H3/b21-12+. The summed E-state index contributed by atoms with van der Waals surface area (Å²) in [7, 11) is 1.88. The zero-order valence-electron chi connectivity index (χ0n) is 13.1. The van der Waals surface area contributed by atoms with Crippen LogP contribution in [0, 0.1) is 18.6 Å². The molecule has 0 unspecified atom stereocenters. The second kappa shape index (κ2) is 7.16. The molecular weight excluding hydrogens is 282 g/mol. The summed E-state index contributed by atoms with van der Waals surface area (Å²) in [6.45, 7) is 4.72. The van der Waals surface area contributed by atoms with Crippen molar-refractivity contribution in [2.45, 2.75) is 20.3 Å². The van der Waals surface area contributed by atoms with Crippen molar-refractivity contribution in [1.82, 2.24) is 4.90 Å². The molecular formula is C18H20F2N2. The summed E-state index contributed by atoms with van der Waals surface area (Å²) in [4.78, 5) is 6.04. The van der Waals surface area contributed by atoms with E-state index in [1.807, 2.05) is 31.9 Å². The average molecular weight is 302 g/mol. The lowest BCUT2D eigenvalue weighted by atomic mass is 9.99. The lowest BCUT2D eigenvalue weighted by molar-refractivity contribution is 0.551. The fourth-order valence-corrected chi connectivity index (χ4v) is 2.11. The molecule has 0 saturated heterocycles. The van der Waals surface area contributed by atoms with Crippen molar-refractivity contribution in [2.75, 3.05) is 13.6 Å². The van der Waals surface area contributed by atoms with Gasteiger partial charge in [-0.25, -0.2) is 13.8 Å². The second-order valence-electron chi connectivity index (χ2n) is 5.35. The van der Waals surface area contributed by atoms with E-state index in [9.17, 15) is 8.78 Å². The van der Waals surface area contributed by atoms with Crippen molar-refractivity contribution >= 4 is 12.0 Å². The maximum Gasteiger partial charge on any atom is 0.149 e. The zero-order valence-corrected chi connectivity index (χ0v) is 13.1. The number of aryl methyl sites for hydroxylation is 1. The first kappa shape index (κ1) is 16.1. The van der Waals surface area contributed by atoms with Gasteiger partial charge in [0.25, 0.3) is 0 Å². The van der Waals surface area contributed by atoms with E-state index < -0.39 is 0 Å². The Bertz CT molecular complexity index is 681. The minimum atomic E-state index is -0.363. The molecule has 2 rings (SSSR count). The zero-order chi connectivity index (χ0) is 16.1. The second-order valence-corrected chi connectivity index (χ2v) is 5.35. The number of rotatable bonds is 5. The average Bonchev–Trinajstić information content (AvgIpc) is 2.49. The van der Waals surface area contributed by atoms with Crippen LogP contribution in [0.15, 0.2) is 41.4 Å². The first-order chi connectivity index (χ1) is 10.5. The van der Waals surface area contributed by atoms with Crippen molar-refractivity contribution in [3.8, 4) is 0 Å². The van der Waals surface area contributed by atoms with Gasteiger partial charge >= 0.3 is 0 Å². The van der Waals surface area contributed by atoms with E-state index in [-0.39, 0.29) is 11.6 Å². The van der Waals surface area contributed by atoms with Gasteiger partial charge in [0.05, 0.1) is 6.34 Å². The van der Waals surface area contributed by atoms with Gasteiger partial charge in [0, 0.05) is 13.6 Å². The Morgan fingerprint density at radius 1 is 1.18 bits per heavy atom. The molecule has 0 aromatic heterocycles. The minimum Gasteiger partial charge on any atom is -0.366 e. The number of aliphatic imine (C=N–C) groups is 1. The van der Waals surface area contributed by atoms with Crippen LogP contribution < -0.4 is 0 Å². The Kier molecular flexibility index (Phi) is 5.26. The van der Waals surface area contributed by atoms with Crippen molar-refractivity contribution in [3.05, 3.63) is 64.7 Å². The van der Waals surface area contributed by atoms with Crippen LogP contribution >= 0.6 is 0 Å². The predicted molar refractivity (Wildman–Crippen MR) is 86.8 cm³/mol. The van der Waals surface area contributed by atoms with Crippen molar-refractivity contribution < 1.29 is 8.78 Å². The van der Waals surface area contributed by atoms with Crippen LogP contribution in [0.1, 0.15) is 23.6 Å². The Morgan fingerprint density at radius 2 is 1.95 bits per heavy atom. The summed E-state index contributed by atoms with van der Waals surface area (Å²) < 4.78 is 27.4. The highest BCUT2D eigenvalue weighted by atomic mass is 19.1. The quantitative estimate of drug-likeness (QED) is 0.587. The van der Waals surface area contributed by atoms with Gasteiger partial charge in [0.15, 0.2) is 0 Å². The van der Waals surface area contributed by atoms with Crippen LogP contribution in [0.3, 0.4) is 0 Å². The molecule has 0 radical (unpaired) electrons. The molecule has 0 saturated carbocycles. The Balaban J connectivity index is 2.24. The van der Waals surface area contributed by atoms with Gasteiger partial charge < -0.3 is 4.90 Å². The van der Waals surface area contributed by atoms with E-state index >= 15 is 0 Å². The molecule has 0 amide bonds. The van der Waals surface area contributed by atoms with Gasteiger partial charge in [-0.1, -0.05) is 12.1 Å². The maximum absolute atomic E-state index is 14.2. The number of hydrogen-bond donors (Lipinski definition) is 0. The summed E-state index contributed by atoms with van der Waals surface area (Å²) in [6, 6.07) is 9.58. The third-order valence-electron chi connectivity index (χ3n) is 3.58. The SMILES string of the molecule is CCN(C)/C=N/c1cc(C)c(Cc2cccc(F)c2)cc1F. The van der Waals surface area contributed by atoms with Crippen LogP contribution in [0.4, 0.5) is 14.5 Å². The molecule has 0 bridgehead atoms. The van der Waals surface area contributed by atoms with E-state index in [0.717, 1.165) is 23.2 Å². The molecule has 0 atom stereocenters. The van der Waals surface area contributed by atoms with E-state index in [0.29, 0.717) is 12.1 Å². The predicted octanol–water partition coefficient (Wildman–Crippen LogP) is 4.48. The molecule has 2 aromatic rings. The third-order valence-corrected chi connectivity index (χ3v) is 3.58. The lowest BCUT2D eigenvalue weighted by Gasteiger charge is -2.10. The highest BCUT2D eigenvalue weighted by molar-refractivity contribution is 5.62. The van der Waals surface area contributed by atoms with Gasteiger partial charge in [-0.2, -0.15) is 0 Å². The molecule has 0 heterocycles. The van der Waals surface area contributed by atoms with E-state index in [4.69, 9.17) is 0 Å². The largest absolute Gasteiger partial charge is 0.366 e. The molecule has 116 valence electrons. The van der Waals surface area contributed by atoms with Crippen molar-refractivity contribution in [3.63, 3.8) is 0 Å². The van der Waals surface area contributed by atoms with Gasteiger partial charge in [0.2, 0.25) is 0 Å². The summed E-state index contributed by atoms with van der Waals surface area (Å²) in [5, 5.41) is 0. The first-order valence-electron chi connectivity index (χ1n) is 7.27. The maximum atomic E-state index is 14.2. The highest BCUT2D eigenvalue weighted by Gasteiger charge is 2.08. The van der Waals surface area contributed by atoms with Gasteiger partial charge in [0.1, 0.15) is 17.3 Å². The molecule has 0 aliphatic rings. The molecule has 22 heavy (non-hydrogen) atoms. The third kappa shape index (κ3) is 4.13. The molecule has 0 aliphatic heterocycles. The molecule has 0 fully saturated rings. The minimum absolute atomic E-state index is 0.278. The number of hydrogen-bond acceptors (Lipinski definition) is 1. The topological polar surface area (TPSA) is 15.6 Å². The normalized spacial score (nSPS) is 11.1. The Hall–Kier alpha value is -2.23. The number of benzene rings is 2. The summed E-state index contributed by atoms with van der Waals surface area (Å²) in [6.07, 6.45) is 2.11. The molecule has 2 nitrogen and oxygen atoms in total. The molecule has 0 N–H and O–H groups in total. The van der Waals surface area contributed by atoms with Crippen LogP contribution in [-0.2, 0) is 6.42 Å². The van der Waals surface area contributed by atoms with E-state index in [1.54, 1.807) is 18.5 Å². The smallest absolute Gasteiger partial charge is 0.149 e. The summed E-state index contributed by atoms with van der Waals surface area (Å²) in [5.74, 6) is -0.641. The van der Waals surface area contributed by atoms with Crippen molar-refractivity contribution in [2.24, 2.45) is 4.99 Å². The van der Waals surface area contributed by atoms with Crippen LogP contribution in [-0.4, -0.2) is 24.8 Å². The van der Waals surface area contributed by atoms with Crippen LogP contribution in [0.5, 0.6) is 0 Å². The Morgan fingerprint density at radius 3 is 2.64 bits per heavy atom. The fraction of sp³-hybridized carbons (Fsp3) is 0.278. The summed E-state index contributed by atoms with van der Waals surface area (Å²) >= 11 is 0. The molecule has 2 aromatic carbocycles. The summed E-state index contributed by atoms with van der Waals surface area (Å²) in [5.41, 5.74) is 2.92. The van der Waals surface area contributed by atoms with Gasteiger partial charge in [-0.3, -0.25) is 0 Å². The molecule has 4 heteroatoms. The lowest BCUT2D eigenvalue weighted by Crippen LogP contribution is -2.14. The monoisotopic (exact) mass is 302 g/mol. The van der Waals surface area contributed by atoms with E-state index in [2.05, 4.69) is 4.99 Å². The molecule has 0 aliphatic carbocycles.